The lowest BCUT2D eigenvalue weighted by atomic mass is 10.2. The Labute approximate surface area is 102 Å². The molecule has 5 heteroatoms. The number of hydrogen-bond acceptors (Lipinski definition) is 4. The lowest BCUT2D eigenvalue weighted by Gasteiger charge is -2.37. The van der Waals surface area contributed by atoms with Gasteiger partial charge in [-0.15, -0.1) is 0 Å². The predicted octanol–water partition coefficient (Wildman–Crippen LogP) is -0.452. The number of aliphatic hydroxyl groups is 1. The number of rotatable bonds is 5. The summed E-state index contributed by atoms with van der Waals surface area (Å²) < 4.78 is 5.46. The van der Waals surface area contributed by atoms with E-state index < -0.39 is 0 Å². The van der Waals surface area contributed by atoms with Gasteiger partial charge in [0.15, 0.2) is 0 Å². The first-order valence-electron chi connectivity index (χ1n) is 6.40. The minimum atomic E-state index is 0.147. The first-order chi connectivity index (χ1) is 8.22. The minimum Gasteiger partial charge on any atom is -0.395 e. The van der Waals surface area contributed by atoms with E-state index in [-0.39, 0.29) is 18.6 Å². The van der Waals surface area contributed by atoms with Crippen molar-refractivity contribution in [2.24, 2.45) is 5.92 Å². The number of amides is 1. The second kappa shape index (κ2) is 5.80. The number of carbonyl (C=O) groups is 1. The normalized spacial score (nSPS) is 25.4. The molecule has 2 aliphatic rings. The molecule has 1 N–H and O–H groups in total. The molecule has 1 aliphatic carbocycles. The zero-order chi connectivity index (χ0) is 12.3. The standard InChI is InChI=1S/C12H22N2O3/c1-13(4-6-15)8-11-9-17-7-5-14(11)12(16)10-2-3-10/h10-11,15H,2-9H2,1H3. The van der Waals surface area contributed by atoms with Crippen LogP contribution in [0.15, 0.2) is 0 Å². The fourth-order valence-electron chi connectivity index (χ4n) is 2.28. The first-order valence-corrected chi connectivity index (χ1v) is 6.40. The van der Waals surface area contributed by atoms with Crippen molar-refractivity contribution >= 4 is 5.91 Å². The molecule has 0 aromatic rings. The van der Waals surface area contributed by atoms with Crippen molar-refractivity contribution in [3.05, 3.63) is 0 Å². The van der Waals surface area contributed by atoms with Gasteiger partial charge >= 0.3 is 0 Å². The molecule has 1 atom stereocenters. The summed E-state index contributed by atoms with van der Waals surface area (Å²) >= 11 is 0. The second-order valence-corrected chi connectivity index (χ2v) is 5.02. The molecule has 2 fully saturated rings. The van der Waals surface area contributed by atoms with Crippen LogP contribution < -0.4 is 0 Å². The fourth-order valence-corrected chi connectivity index (χ4v) is 2.28. The van der Waals surface area contributed by atoms with Crippen molar-refractivity contribution in [1.29, 1.82) is 0 Å². The highest BCUT2D eigenvalue weighted by Gasteiger charge is 2.37. The van der Waals surface area contributed by atoms with Crippen molar-refractivity contribution in [1.82, 2.24) is 9.80 Å². The molecule has 98 valence electrons. The lowest BCUT2D eigenvalue weighted by Crippen LogP contribution is -2.53. The van der Waals surface area contributed by atoms with Crippen LogP contribution in [0.4, 0.5) is 0 Å². The maximum absolute atomic E-state index is 12.1. The van der Waals surface area contributed by atoms with Gasteiger partial charge in [-0.3, -0.25) is 4.79 Å². The van der Waals surface area contributed by atoms with Crippen molar-refractivity contribution in [2.45, 2.75) is 18.9 Å². The topological polar surface area (TPSA) is 53.0 Å². The summed E-state index contributed by atoms with van der Waals surface area (Å²) in [6.45, 7) is 3.56. The molecule has 1 heterocycles. The zero-order valence-electron chi connectivity index (χ0n) is 10.5. The van der Waals surface area contributed by atoms with E-state index in [2.05, 4.69) is 0 Å². The van der Waals surface area contributed by atoms with Gasteiger partial charge in [0, 0.05) is 25.6 Å². The molecule has 2 rings (SSSR count). The largest absolute Gasteiger partial charge is 0.395 e. The van der Waals surface area contributed by atoms with Gasteiger partial charge in [-0.2, -0.15) is 0 Å². The monoisotopic (exact) mass is 242 g/mol. The Bertz CT molecular complexity index is 268. The van der Waals surface area contributed by atoms with E-state index in [0.29, 0.717) is 32.2 Å². The van der Waals surface area contributed by atoms with E-state index in [1.54, 1.807) is 0 Å². The number of aliphatic hydroxyl groups excluding tert-OH is 1. The molecule has 5 nitrogen and oxygen atoms in total. The highest BCUT2D eigenvalue weighted by molar-refractivity contribution is 5.81. The Balaban J connectivity index is 1.89. The third-order valence-electron chi connectivity index (χ3n) is 3.44. The molecule has 1 saturated carbocycles. The van der Waals surface area contributed by atoms with Gasteiger partial charge in [0.2, 0.25) is 5.91 Å². The van der Waals surface area contributed by atoms with E-state index in [0.717, 1.165) is 19.4 Å². The van der Waals surface area contributed by atoms with Crippen LogP contribution in [0.25, 0.3) is 0 Å². The fraction of sp³-hybridized carbons (Fsp3) is 0.917. The molecule has 0 bridgehead atoms. The number of hydrogen-bond donors (Lipinski definition) is 1. The quantitative estimate of drug-likeness (QED) is 0.709. The molecule has 17 heavy (non-hydrogen) atoms. The van der Waals surface area contributed by atoms with Gasteiger partial charge < -0.3 is 19.6 Å². The molecular weight excluding hydrogens is 220 g/mol. The molecular formula is C12H22N2O3. The summed E-state index contributed by atoms with van der Waals surface area (Å²) in [6, 6.07) is 0.147. The van der Waals surface area contributed by atoms with Gasteiger partial charge in [0.05, 0.1) is 25.9 Å². The van der Waals surface area contributed by atoms with Crippen LogP contribution in [-0.4, -0.2) is 73.4 Å². The van der Waals surface area contributed by atoms with Crippen LogP contribution in [0.5, 0.6) is 0 Å². The molecule has 1 unspecified atom stereocenters. The van der Waals surface area contributed by atoms with Gasteiger partial charge in [-0.05, 0) is 19.9 Å². The van der Waals surface area contributed by atoms with Crippen LogP contribution in [0.2, 0.25) is 0 Å². The highest BCUT2D eigenvalue weighted by Crippen LogP contribution is 2.32. The molecule has 1 amide bonds. The van der Waals surface area contributed by atoms with E-state index in [4.69, 9.17) is 9.84 Å². The number of likely N-dealkylation sites (N-methyl/N-ethyl adjacent to an activating group) is 1. The number of morpholine rings is 1. The van der Waals surface area contributed by atoms with E-state index in [1.807, 2.05) is 16.8 Å². The van der Waals surface area contributed by atoms with E-state index in [1.165, 1.54) is 0 Å². The predicted molar refractivity (Wildman–Crippen MR) is 63.6 cm³/mol. The smallest absolute Gasteiger partial charge is 0.226 e. The third-order valence-corrected chi connectivity index (χ3v) is 3.44. The van der Waals surface area contributed by atoms with Gasteiger partial charge in [-0.25, -0.2) is 0 Å². The van der Waals surface area contributed by atoms with E-state index >= 15 is 0 Å². The average Bonchev–Trinajstić information content (AvgIpc) is 3.13. The molecule has 0 spiro atoms. The highest BCUT2D eigenvalue weighted by atomic mass is 16.5. The van der Waals surface area contributed by atoms with Crippen molar-refractivity contribution in [3.8, 4) is 0 Å². The van der Waals surface area contributed by atoms with Crippen LogP contribution >= 0.6 is 0 Å². The van der Waals surface area contributed by atoms with Gasteiger partial charge in [-0.1, -0.05) is 0 Å². The Hall–Kier alpha value is -0.650. The van der Waals surface area contributed by atoms with Crippen LogP contribution in [0.1, 0.15) is 12.8 Å². The van der Waals surface area contributed by atoms with Crippen LogP contribution in [0, 0.1) is 5.92 Å². The Morgan fingerprint density at radius 1 is 1.53 bits per heavy atom. The van der Waals surface area contributed by atoms with Crippen LogP contribution in [-0.2, 0) is 9.53 Å². The van der Waals surface area contributed by atoms with Gasteiger partial charge in [0.25, 0.3) is 0 Å². The summed E-state index contributed by atoms with van der Waals surface area (Å²) in [4.78, 5) is 16.1. The number of nitrogens with zero attached hydrogens (tertiary/aromatic N) is 2. The average molecular weight is 242 g/mol. The maximum atomic E-state index is 12.1. The van der Waals surface area contributed by atoms with Gasteiger partial charge in [0.1, 0.15) is 0 Å². The molecule has 1 saturated heterocycles. The first kappa shape index (κ1) is 12.8. The third kappa shape index (κ3) is 3.40. The molecule has 1 aliphatic heterocycles. The van der Waals surface area contributed by atoms with Crippen LogP contribution in [0.3, 0.4) is 0 Å². The second-order valence-electron chi connectivity index (χ2n) is 5.02. The number of ether oxygens (including phenoxy) is 1. The summed E-state index contributed by atoms with van der Waals surface area (Å²) in [7, 11) is 1.96. The Morgan fingerprint density at radius 2 is 2.29 bits per heavy atom. The summed E-state index contributed by atoms with van der Waals surface area (Å²) in [5.41, 5.74) is 0. The number of carbonyl (C=O) groups excluding carboxylic acids is 1. The zero-order valence-corrected chi connectivity index (χ0v) is 10.5. The summed E-state index contributed by atoms with van der Waals surface area (Å²) in [5, 5.41) is 8.89. The minimum absolute atomic E-state index is 0.147. The van der Waals surface area contributed by atoms with Crippen molar-refractivity contribution in [3.63, 3.8) is 0 Å². The van der Waals surface area contributed by atoms with E-state index in [9.17, 15) is 4.79 Å². The molecule has 0 aromatic heterocycles. The maximum Gasteiger partial charge on any atom is 0.226 e. The Morgan fingerprint density at radius 3 is 2.94 bits per heavy atom. The summed E-state index contributed by atoms with van der Waals surface area (Å²) in [6.07, 6.45) is 2.10. The molecule has 0 aromatic carbocycles. The van der Waals surface area contributed by atoms with Crippen molar-refractivity contribution in [2.75, 3.05) is 46.5 Å². The summed E-state index contributed by atoms with van der Waals surface area (Å²) in [5.74, 6) is 0.578. The SMILES string of the molecule is CN(CCO)CC1COCCN1C(=O)C1CC1. The molecule has 0 radical (unpaired) electrons. The van der Waals surface area contributed by atoms with Crippen molar-refractivity contribution < 1.29 is 14.6 Å². The lowest BCUT2D eigenvalue weighted by molar-refractivity contribution is -0.141. The Kier molecular flexibility index (Phi) is 4.36.